The first-order valence-electron chi connectivity index (χ1n) is 8.75. The van der Waals surface area contributed by atoms with Crippen LogP contribution in [0.25, 0.3) is 0 Å². The molecule has 0 saturated heterocycles. The maximum Gasteiger partial charge on any atom is 0.207 e. The van der Waals surface area contributed by atoms with Crippen molar-refractivity contribution in [2.75, 3.05) is 7.11 Å². The molecule has 2 aromatic rings. The largest absolute Gasteiger partial charge is 0.496 e. The number of aliphatic imine (C=N–C) groups is 1. The second kappa shape index (κ2) is 9.54. The molecule has 0 amide bonds. The van der Waals surface area contributed by atoms with E-state index < -0.39 is 0 Å². The van der Waals surface area contributed by atoms with E-state index in [9.17, 15) is 5.26 Å². The summed E-state index contributed by atoms with van der Waals surface area (Å²) in [6.45, 7) is 6.32. The third-order valence-corrected chi connectivity index (χ3v) is 5.51. The predicted molar refractivity (Wildman–Crippen MR) is 112 cm³/mol. The van der Waals surface area contributed by atoms with E-state index in [1.54, 1.807) is 25.3 Å². The lowest BCUT2D eigenvalue weighted by Gasteiger charge is -2.19. The van der Waals surface area contributed by atoms with Crippen molar-refractivity contribution in [3.63, 3.8) is 0 Å². The van der Waals surface area contributed by atoms with E-state index in [0.717, 1.165) is 23.1 Å². The zero-order valence-electron chi connectivity index (χ0n) is 16.4. The summed E-state index contributed by atoms with van der Waals surface area (Å²) in [5, 5.41) is 18.5. The number of aryl methyl sites for hydroxylation is 1. The minimum atomic E-state index is -0.108. The minimum absolute atomic E-state index is 0.108. The van der Waals surface area contributed by atoms with Gasteiger partial charge in [0.05, 0.1) is 18.7 Å². The van der Waals surface area contributed by atoms with Crippen LogP contribution in [0.15, 0.2) is 34.4 Å². The summed E-state index contributed by atoms with van der Waals surface area (Å²) in [4.78, 5) is 8.60. The van der Waals surface area contributed by atoms with Crippen LogP contribution in [-0.2, 0) is 12.0 Å². The van der Waals surface area contributed by atoms with Gasteiger partial charge in [0.1, 0.15) is 10.4 Å². The Morgan fingerprint density at radius 3 is 2.68 bits per heavy atom. The molecule has 1 aromatic heterocycles. The highest BCUT2D eigenvalue weighted by Crippen LogP contribution is 2.24. The number of ether oxygens (including phenoxy) is 1. The summed E-state index contributed by atoms with van der Waals surface area (Å²) in [6.07, 6.45) is 5.81. The number of benzene rings is 1. The van der Waals surface area contributed by atoms with Crippen molar-refractivity contribution < 1.29 is 4.74 Å². The Kier molecular flexibility index (Phi) is 7.39. The fraction of sp³-hybridized carbons (Fsp3) is 0.400. The first-order valence-corrected chi connectivity index (χ1v) is 9.90. The van der Waals surface area contributed by atoms with Crippen molar-refractivity contribution in [3.05, 3.63) is 45.2 Å². The van der Waals surface area contributed by atoms with Gasteiger partial charge in [0, 0.05) is 28.7 Å². The molecule has 28 heavy (non-hydrogen) atoms. The van der Waals surface area contributed by atoms with E-state index in [-0.39, 0.29) is 11.4 Å². The van der Waals surface area contributed by atoms with Gasteiger partial charge in [0.15, 0.2) is 5.84 Å². The monoisotopic (exact) mass is 415 g/mol. The number of hydrogen-bond donors (Lipinski definition) is 0. The van der Waals surface area contributed by atoms with Crippen LogP contribution in [0.3, 0.4) is 0 Å². The molecule has 0 radical (unpaired) electrons. The zero-order chi connectivity index (χ0) is 20.7. The molecule has 1 heterocycles. The van der Waals surface area contributed by atoms with E-state index in [2.05, 4.69) is 47.0 Å². The van der Waals surface area contributed by atoms with Crippen LogP contribution in [0.1, 0.15) is 44.7 Å². The van der Waals surface area contributed by atoms with Crippen molar-refractivity contribution in [2.45, 2.75) is 45.6 Å². The van der Waals surface area contributed by atoms with E-state index in [1.807, 2.05) is 6.19 Å². The van der Waals surface area contributed by atoms with Crippen LogP contribution in [0, 0.1) is 22.8 Å². The maximum absolute atomic E-state index is 9.18. The normalized spacial score (nSPS) is 12.5. The molecule has 6 nitrogen and oxygen atoms in total. The Morgan fingerprint density at radius 2 is 2.07 bits per heavy atom. The first-order chi connectivity index (χ1) is 13.3. The quantitative estimate of drug-likeness (QED) is 0.308. The Bertz CT molecular complexity index is 1010. The van der Waals surface area contributed by atoms with Crippen molar-refractivity contribution >= 4 is 29.0 Å². The highest BCUT2D eigenvalue weighted by molar-refractivity contribution is 7.04. The molecule has 8 heteroatoms. The highest BCUT2D eigenvalue weighted by atomic mass is 35.5. The second-order valence-electron chi connectivity index (χ2n) is 7.05. The van der Waals surface area contributed by atoms with Crippen LogP contribution in [0.2, 0.25) is 5.02 Å². The summed E-state index contributed by atoms with van der Waals surface area (Å²) in [6, 6.07) is 7.28. The van der Waals surface area contributed by atoms with Crippen molar-refractivity contribution in [1.29, 1.82) is 10.5 Å². The van der Waals surface area contributed by atoms with Crippen LogP contribution in [0.4, 0.5) is 0 Å². The lowest BCUT2D eigenvalue weighted by atomic mass is 10.1. The van der Waals surface area contributed by atoms with Gasteiger partial charge in [-0.15, -0.1) is 0 Å². The lowest BCUT2D eigenvalue weighted by Crippen LogP contribution is -2.18. The molecular formula is C20H22ClN5OS. The van der Waals surface area contributed by atoms with Crippen molar-refractivity contribution in [2.24, 2.45) is 9.98 Å². The molecule has 0 aliphatic rings. The third-order valence-electron chi connectivity index (χ3n) is 3.89. The zero-order valence-corrected chi connectivity index (χ0v) is 17.9. The number of amidine groups is 1. The number of rotatable bonds is 5. The molecule has 0 atom stereocenters. The minimum Gasteiger partial charge on any atom is -0.496 e. The van der Waals surface area contributed by atoms with E-state index in [1.165, 1.54) is 11.5 Å². The second-order valence-corrected chi connectivity index (χ2v) is 8.45. The molecule has 0 unspecified atom stereocenters. The average molecular weight is 416 g/mol. The van der Waals surface area contributed by atoms with Crippen LogP contribution in [0.5, 0.6) is 5.75 Å². The molecule has 0 fully saturated rings. The topological polar surface area (TPSA) is 86.5 Å². The Labute approximate surface area is 174 Å². The summed E-state index contributed by atoms with van der Waals surface area (Å²) >= 11 is 7.63. The van der Waals surface area contributed by atoms with E-state index in [0.29, 0.717) is 22.8 Å². The summed E-state index contributed by atoms with van der Waals surface area (Å²) in [5.74, 6) is 0.778. The Hall–Kier alpha value is -2.61. The number of unbranched alkanes of at least 4 members (excludes halogenated alkanes) is 1. The molecule has 0 saturated carbocycles. The lowest BCUT2D eigenvalue weighted by molar-refractivity contribution is 0.414. The van der Waals surface area contributed by atoms with Gasteiger partial charge in [-0.25, -0.2) is 4.99 Å². The molecule has 146 valence electrons. The smallest absolute Gasteiger partial charge is 0.207 e. The SMILES string of the molecule is COc1ccc(Cl)cc1C(=NC#N)/N=c1\sn(C(C)(C)C)cc1CCCC#N. The molecule has 0 aliphatic heterocycles. The number of halogens is 1. The average Bonchev–Trinajstić information content (AvgIpc) is 3.05. The molecule has 0 bridgehead atoms. The molecule has 0 N–H and O–H groups in total. The fourth-order valence-electron chi connectivity index (χ4n) is 2.47. The van der Waals surface area contributed by atoms with Gasteiger partial charge in [0.2, 0.25) is 6.19 Å². The van der Waals surface area contributed by atoms with Gasteiger partial charge in [-0.05, 0) is 63.3 Å². The van der Waals surface area contributed by atoms with Gasteiger partial charge in [-0.2, -0.15) is 15.5 Å². The third kappa shape index (κ3) is 5.45. The molecule has 0 aliphatic carbocycles. The number of hydrogen-bond acceptors (Lipinski definition) is 5. The fourth-order valence-corrected chi connectivity index (χ4v) is 3.68. The Morgan fingerprint density at radius 1 is 1.32 bits per heavy atom. The number of methoxy groups -OCH3 is 1. The maximum atomic E-state index is 9.18. The number of nitrogens with zero attached hydrogens (tertiary/aromatic N) is 5. The number of nitriles is 2. The first kappa shape index (κ1) is 21.7. The molecule has 1 aromatic carbocycles. The van der Waals surface area contributed by atoms with Gasteiger partial charge >= 0.3 is 0 Å². The standard InChI is InChI=1S/C20H22ClN5OS/c1-20(2,3)26-12-14(7-5-6-10-22)19(28-26)25-18(24-13-23)16-11-15(21)8-9-17(16)27-4/h8-9,11-12H,5-7H2,1-4H3/b24-18?,25-19-. The number of aromatic nitrogens is 1. The summed E-state index contributed by atoms with van der Waals surface area (Å²) in [5.41, 5.74) is 1.46. The van der Waals surface area contributed by atoms with Crippen LogP contribution >= 0.6 is 23.1 Å². The van der Waals surface area contributed by atoms with Crippen molar-refractivity contribution in [3.8, 4) is 18.0 Å². The van der Waals surface area contributed by atoms with E-state index >= 15 is 0 Å². The van der Waals surface area contributed by atoms with E-state index in [4.69, 9.17) is 21.6 Å². The van der Waals surface area contributed by atoms with Gasteiger partial charge < -0.3 is 4.74 Å². The van der Waals surface area contributed by atoms with Gasteiger partial charge in [-0.1, -0.05) is 11.6 Å². The molecule has 2 rings (SSSR count). The highest BCUT2D eigenvalue weighted by Gasteiger charge is 2.17. The van der Waals surface area contributed by atoms with Gasteiger partial charge in [0.25, 0.3) is 0 Å². The Balaban J connectivity index is 2.63. The molecular weight excluding hydrogens is 394 g/mol. The summed E-state index contributed by atoms with van der Waals surface area (Å²) in [7, 11) is 1.54. The van der Waals surface area contributed by atoms with Gasteiger partial charge in [-0.3, -0.25) is 3.96 Å². The van der Waals surface area contributed by atoms with Crippen LogP contribution in [-0.4, -0.2) is 16.9 Å². The predicted octanol–water partition coefficient (Wildman–Crippen LogP) is 4.64. The van der Waals surface area contributed by atoms with Crippen molar-refractivity contribution in [1.82, 2.24) is 3.96 Å². The van der Waals surface area contributed by atoms with Crippen LogP contribution < -0.4 is 9.41 Å². The summed E-state index contributed by atoms with van der Waals surface area (Å²) < 4.78 is 8.26. The molecule has 0 spiro atoms.